The lowest BCUT2D eigenvalue weighted by Gasteiger charge is -2.32. The summed E-state index contributed by atoms with van der Waals surface area (Å²) in [6, 6.07) is 15.4. The average Bonchev–Trinajstić information content (AvgIpc) is 2.74. The summed E-state index contributed by atoms with van der Waals surface area (Å²) in [6.07, 6.45) is 0. The Balaban J connectivity index is 2.47. The van der Waals surface area contributed by atoms with Gasteiger partial charge >= 0.3 is 7.60 Å². The van der Waals surface area contributed by atoms with Crippen molar-refractivity contribution in [1.82, 2.24) is 5.32 Å². The second kappa shape index (κ2) is 10.1. The summed E-state index contributed by atoms with van der Waals surface area (Å²) < 4.78 is 34.3. The van der Waals surface area contributed by atoms with Gasteiger partial charge in [0, 0.05) is 14.2 Å². The predicted molar refractivity (Wildman–Crippen MR) is 111 cm³/mol. The van der Waals surface area contributed by atoms with E-state index in [-0.39, 0.29) is 12.0 Å². The SMILES string of the molecule is COc1ccc(C(NC(C(C)C)P(=O)(OC)OC)c2ccc(OC)cc2)cc1. The van der Waals surface area contributed by atoms with Crippen molar-refractivity contribution >= 4 is 7.60 Å². The molecule has 0 spiro atoms. The molecule has 1 unspecified atom stereocenters. The molecule has 2 aromatic rings. The number of nitrogens with one attached hydrogen (secondary N) is 1. The van der Waals surface area contributed by atoms with Crippen LogP contribution in [0.15, 0.2) is 48.5 Å². The topological polar surface area (TPSA) is 66.0 Å². The summed E-state index contributed by atoms with van der Waals surface area (Å²) >= 11 is 0. The molecule has 0 aromatic heterocycles. The highest BCUT2D eigenvalue weighted by Gasteiger charge is 2.38. The van der Waals surface area contributed by atoms with Crippen LogP contribution in [-0.4, -0.2) is 34.2 Å². The van der Waals surface area contributed by atoms with Crippen LogP contribution in [0.3, 0.4) is 0 Å². The number of methoxy groups -OCH3 is 2. The number of hydrogen-bond acceptors (Lipinski definition) is 6. The fourth-order valence-electron chi connectivity index (χ4n) is 3.10. The molecule has 28 heavy (non-hydrogen) atoms. The Kier molecular flexibility index (Phi) is 8.08. The van der Waals surface area contributed by atoms with Gasteiger partial charge in [-0.05, 0) is 41.3 Å². The van der Waals surface area contributed by atoms with E-state index in [9.17, 15) is 4.57 Å². The van der Waals surface area contributed by atoms with E-state index in [1.54, 1.807) is 14.2 Å². The van der Waals surface area contributed by atoms with E-state index in [1.807, 2.05) is 62.4 Å². The van der Waals surface area contributed by atoms with Gasteiger partial charge in [-0.3, -0.25) is 9.88 Å². The first-order chi connectivity index (χ1) is 13.4. The van der Waals surface area contributed by atoms with Crippen LogP contribution in [0.25, 0.3) is 0 Å². The molecule has 0 bridgehead atoms. The first kappa shape index (κ1) is 22.4. The summed E-state index contributed by atoms with van der Waals surface area (Å²) in [6.45, 7) is 3.98. The van der Waals surface area contributed by atoms with Gasteiger partial charge in [0.1, 0.15) is 17.3 Å². The van der Waals surface area contributed by atoms with Gasteiger partial charge in [0.05, 0.1) is 20.3 Å². The van der Waals surface area contributed by atoms with Gasteiger partial charge in [-0.25, -0.2) is 0 Å². The highest BCUT2D eigenvalue weighted by molar-refractivity contribution is 7.54. The van der Waals surface area contributed by atoms with E-state index in [1.165, 1.54) is 14.2 Å². The molecule has 2 rings (SSSR count). The van der Waals surface area contributed by atoms with E-state index >= 15 is 0 Å². The van der Waals surface area contributed by atoms with Crippen molar-refractivity contribution in [2.75, 3.05) is 28.4 Å². The molecule has 0 amide bonds. The molecule has 0 radical (unpaired) electrons. The first-order valence-electron chi connectivity index (χ1n) is 9.13. The molecule has 0 aliphatic rings. The maximum atomic E-state index is 13.1. The molecular weight excluding hydrogens is 377 g/mol. The van der Waals surface area contributed by atoms with Crippen molar-refractivity contribution in [2.45, 2.75) is 25.7 Å². The molecule has 1 N–H and O–H groups in total. The highest BCUT2D eigenvalue weighted by Crippen LogP contribution is 2.53. The molecule has 0 aliphatic carbocycles. The zero-order valence-electron chi connectivity index (χ0n) is 17.3. The molecule has 7 heteroatoms. The van der Waals surface area contributed by atoms with Crippen LogP contribution in [-0.2, 0) is 13.6 Å². The van der Waals surface area contributed by atoms with Crippen LogP contribution in [0.1, 0.15) is 31.0 Å². The molecule has 1 atom stereocenters. The van der Waals surface area contributed by atoms with Crippen molar-refractivity contribution in [3.05, 3.63) is 59.7 Å². The maximum Gasteiger partial charge on any atom is 0.347 e. The molecule has 0 saturated heterocycles. The van der Waals surface area contributed by atoms with Gasteiger partial charge in [-0.15, -0.1) is 0 Å². The largest absolute Gasteiger partial charge is 0.497 e. The Morgan fingerprint density at radius 3 is 1.43 bits per heavy atom. The van der Waals surface area contributed by atoms with Gasteiger partial charge in [0.15, 0.2) is 0 Å². The van der Waals surface area contributed by atoms with E-state index in [0.717, 1.165) is 22.6 Å². The summed E-state index contributed by atoms with van der Waals surface area (Å²) in [5.41, 5.74) is 2.02. The quantitative estimate of drug-likeness (QED) is 0.568. The minimum Gasteiger partial charge on any atom is -0.497 e. The predicted octanol–water partition coefficient (Wildman–Crippen LogP) is 4.85. The van der Waals surface area contributed by atoms with Crippen LogP contribution in [0.5, 0.6) is 11.5 Å². The molecule has 154 valence electrons. The van der Waals surface area contributed by atoms with E-state index in [2.05, 4.69) is 5.32 Å². The minimum absolute atomic E-state index is 0.0183. The zero-order chi connectivity index (χ0) is 20.7. The molecule has 2 aromatic carbocycles. The molecule has 0 aliphatic heterocycles. The molecule has 0 saturated carbocycles. The lowest BCUT2D eigenvalue weighted by molar-refractivity contribution is 0.244. The average molecular weight is 407 g/mol. The zero-order valence-corrected chi connectivity index (χ0v) is 18.2. The lowest BCUT2D eigenvalue weighted by atomic mass is 9.97. The van der Waals surface area contributed by atoms with Gasteiger partial charge in [0.2, 0.25) is 0 Å². The van der Waals surface area contributed by atoms with E-state index < -0.39 is 13.4 Å². The van der Waals surface area contributed by atoms with Crippen molar-refractivity contribution < 1.29 is 23.1 Å². The van der Waals surface area contributed by atoms with Crippen LogP contribution < -0.4 is 14.8 Å². The lowest BCUT2D eigenvalue weighted by Crippen LogP contribution is -2.38. The molecular formula is C21H30NO5P. The highest BCUT2D eigenvalue weighted by atomic mass is 31.2. The van der Waals surface area contributed by atoms with Crippen LogP contribution in [0.2, 0.25) is 0 Å². The Morgan fingerprint density at radius 2 is 1.14 bits per heavy atom. The van der Waals surface area contributed by atoms with Gasteiger partial charge in [-0.2, -0.15) is 0 Å². The molecule has 0 heterocycles. The van der Waals surface area contributed by atoms with Gasteiger partial charge < -0.3 is 18.5 Å². The minimum atomic E-state index is -3.33. The van der Waals surface area contributed by atoms with Gasteiger partial charge in [-0.1, -0.05) is 38.1 Å². The second-order valence-corrected chi connectivity index (χ2v) is 9.11. The number of hydrogen-bond donors (Lipinski definition) is 1. The van der Waals surface area contributed by atoms with Crippen molar-refractivity contribution in [3.8, 4) is 11.5 Å². The summed E-state index contributed by atoms with van der Waals surface area (Å²) in [5, 5.41) is 3.51. The Bertz CT molecular complexity index is 721. The fraction of sp³-hybridized carbons (Fsp3) is 0.429. The standard InChI is InChI=1S/C21H30NO5P/c1-15(2)21(28(23,26-5)27-6)22-20(16-7-11-18(24-3)12-8-16)17-9-13-19(25-4)14-10-17/h7-15,20-22H,1-6H3. The summed E-state index contributed by atoms with van der Waals surface area (Å²) in [7, 11) is 2.77. The summed E-state index contributed by atoms with van der Waals surface area (Å²) in [5.74, 6) is 1.08. The normalized spacial score (nSPS) is 13.0. The third kappa shape index (κ3) is 5.15. The van der Waals surface area contributed by atoms with Crippen molar-refractivity contribution in [3.63, 3.8) is 0 Å². The molecule has 6 nitrogen and oxygen atoms in total. The van der Waals surface area contributed by atoms with Gasteiger partial charge in [0.25, 0.3) is 0 Å². The number of ether oxygens (including phenoxy) is 2. The maximum absolute atomic E-state index is 13.1. The van der Waals surface area contributed by atoms with Crippen molar-refractivity contribution in [2.24, 2.45) is 5.92 Å². The van der Waals surface area contributed by atoms with Crippen LogP contribution >= 0.6 is 7.60 Å². The summed E-state index contributed by atoms with van der Waals surface area (Å²) in [4.78, 5) is 0. The number of benzene rings is 2. The second-order valence-electron chi connectivity index (χ2n) is 6.74. The van der Waals surface area contributed by atoms with Crippen LogP contribution in [0.4, 0.5) is 0 Å². The third-order valence-corrected chi connectivity index (χ3v) is 7.16. The third-order valence-electron chi connectivity index (χ3n) is 4.72. The smallest absolute Gasteiger partial charge is 0.347 e. The van der Waals surface area contributed by atoms with E-state index in [0.29, 0.717) is 0 Å². The van der Waals surface area contributed by atoms with E-state index in [4.69, 9.17) is 18.5 Å². The Labute approximate surface area is 167 Å². The fourth-order valence-corrected chi connectivity index (χ4v) is 4.76. The van der Waals surface area contributed by atoms with Crippen LogP contribution in [0, 0.1) is 5.92 Å². The Hall–Kier alpha value is -1.85. The first-order valence-corrected chi connectivity index (χ1v) is 10.7. The molecule has 0 fully saturated rings. The van der Waals surface area contributed by atoms with Crippen molar-refractivity contribution in [1.29, 1.82) is 0 Å². The Morgan fingerprint density at radius 1 is 0.750 bits per heavy atom. The monoisotopic (exact) mass is 407 g/mol. The number of rotatable bonds is 10.